The van der Waals surface area contributed by atoms with Crippen LogP contribution in [0.4, 0.5) is 23.0 Å². The molecule has 0 atom stereocenters. The van der Waals surface area contributed by atoms with Gasteiger partial charge in [0.05, 0.1) is 5.56 Å². The van der Waals surface area contributed by atoms with E-state index < -0.39 is 0 Å². The maximum atomic E-state index is 12.3. The molecule has 1 amide bonds. The van der Waals surface area contributed by atoms with Gasteiger partial charge in [-0.3, -0.25) is 4.79 Å². The summed E-state index contributed by atoms with van der Waals surface area (Å²) in [6.07, 6.45) is 3.02. The van der Waals surface area contributed by atoms with Crippen molar-refractivity contribution in [3.63, 3.8) is 0 Å². The third-order valence-corrected chi connectivity index (χ3v) is 3.95. The van der Waals surface area contributed by atoms with Crippen molar-refractivity contribution in [2.24, 2.45) is 0 Å². The molecule has 26 heavy (non-hydrogen) atoms. The summed E-state index contributed by atoms with van der Waals surface area (Å²) in [5.41, 5.74) is 4.18. The number of rotatable bonds is 5. The number of nitrogens with one attached hydrogen (secondary N) is 2. The summed E-state index contributed by atoms with van der Waals surface area (Å²) in [4.78, 5) is 22.8. The summed E-state index contributed by atoms with van der Waals surface area (Å²) in [7, 11) is 3.98. The van der Waals surface area contributed by atoms with E-state index in [-0.39, 0.29) is 5.91 Å². The average molecular weight is 347 g/mol. The molecule has 0 unspecified atom stereocenters. The van der Waals surface area contributed by atoms with Crippen molar-refractivity contribution >= 4 is 28.9 Å². The zero-order valence-corrected chi connectivity index (χ0v) is 15.0. The van der Waals surface area contributed by atoms with E-state index in [0.717, 1.165) is 22.6 Å². The van der Waals surface area contributed by atoms with Gasteiger partial charge >= 0.3 is 0 Å². The van der Waals surface area contributed by atoms with E-state index >= 15 is 0 Å². The van der Waals surface area contributed by atoms with Crippen LogP contribution in [0.1, 0.15) is 15.9 Å². The van der Waals surface area contributed by atoms with E-state index in [2.05, 4.69) is 20.6 Å². The van der Waals surface area contributed by atoms with E-state index in [1.165, 1.54) is 12.4 Å². The Bertz CT molecular complexity index is 889. The highest BCUT2D eigenvalue weighted by atomic mass is 16.1. The molecule has 132 valence electrons. The first-order chi connectivity index (χ1) is 12.5. The normalized spacial score (nSPS) is 10.3. The highest BCUT2D eigenvalue weighted by Crippen LogP contribution is 2.18. The number of carbonyl (C=O) groups excluding carboxylic acids is 1. The number of hydrogen-bond donors (Lipinski definition) is 2. The Morgan fingerprint density at radius 3 is 2.23 bits per heavy atom. The molecular weight excluding hydrogens is 326 g/mol. The number of aryl methyl sites for hydroxylation is 1. The first kappa shape index (κ1) is 17.4. The van der Waals surface area contributed by atoms with Gasteiger partial charge in [-0.1, -0.05) is 18.2 Å². The molecule has 2 aromatic carbocycles. The monoisotopic (exact) mass is 347 g/mol. The third-order valence-electron chi connectivity index (χ3n) is 3.95. The number of carbonyl (C=O) groups is 1. The zero-order chi connectivity index (χ0) is 18.5. The van der Waals surface area contributed by atoms with Crippen LogP contribution in [0.5, 0.6) is 0 Å². The van der Waals surface area contributed by atoms with Crippen molar-refractivity contribution in [3.8, 4) is 0 Å². The van der Waals surface area contributed by atoms with Crippen molar-refractivity contribution in [1.82, 2.24) is 9.97 Å². The molecular formula is C20H21N5O. The Morgan fingerprint density at radius 2 is 1.62 bits per heavy atom. The van der Waals surface area contributed by atoms with Gasteiger partial charge in [-0.05, 0) is 42.8 Å². The first-order valence-electron chi connectivity index (χ1n) is 8.26. The summed E-state index contributed by atoms with van der Waals surface area (Å²) >= 11 is 0. The molecule has 3 rings (SSSR count). The topological polar surface area (TPSA) is 70.2 Å². The Balaban J connectivity index is 1.66. The van der Waals surface area contributed by atoms with Crippen LogP contribution in [0.25, 0.3) is 0 Å². The van der Waals surface area contributed by atoms with Gasteiger partial charge in [-0.15, -0.1) is 0 Å². The number of anilines is 4. The molecule has 3 aromatic rings. The Kier molecular flexibility index (Phi) is 5.12. The number of benzene rings is 2. The number of nitrogens with zero attached hydrogens (tertiary/aromatic N) is 3. The quantitative estimate of drug-likeness (QED) is 0.734. The van der Waals surface area contributed by atoms with Gasteiger partial charge in [-0.25, -0.2) is 9.97 Å². The molecule has 1 heterocycles. The zero-order valence-electron chi connectivity index (χ0n) is 15.0. The largest absolute Gasteiger partial charge is 0.378 e. The maximum Gasteiger partial charge on any atom is 0.258 e. The van der Waals surface area contributed by atoms with Crippen molar-refractivity contribution in [1.29, 1.82) is 0 Å². The molecule has 0 spiro atoms. The first-order valence-corrected chi connectivity index (χ1v) is 8.26. The predicted molar refractivity (Wildman–Crippen MR) is 105 cm³/mol. The maximum absolute atomic E-state index is 12.3. The van der Waals surface area contributed by atoms with Gasteiger partial charge in [-0.2, -0.15) is 0 Å². The van der Waals surface area contributed by atoms with Crippen molar-refractivity contribution in [3.05, 3.63) is 72.1 Å². The fourth-order valence-electron chi connectivity index (χ4n) is 2.39. The summed E-state index contributed by atoms with van der Waals surface area (Å²) in [5, 5.41) is 5.99. The van der Waals surface area contributed by atoms with Crippen LogP contribution >= 0.6 is 0 Å². The van der Waals surface area contributed by atoms with Gasteiger partial charge in [0.2, 0.25) is 5.95 Å². The minimum Gasteiger partial charge on any atom is -0.378 e. The lowest BCUT2D eigenvalue weighted by atomic mass is 10.2. The van der Waals surface area contributed by atoms with E-state index in [1.54, 1.807) is 0 Å². The lowest BCUT2D eigenvalue weighted by Crippen LogP contribution is -2.13. The minimum absolute atomic E-state index is 0.235. The number of aromatic nitrogens is 2. The molecule has 2 N–H and O–H groups in total. The summed E-state index contributed by atoms with van der Waals surface area (Å²) in [6.45, 7) is 1.95. The molecule has 1 aromatic heterocycles. The standard InChI is InChI=1S/C20H21N5O/c1-14-6-4-5-7-18(14)24-19(26)15-12-21-20(22-13-15)23-16-8-10-17(11-9-16)25(2)3/h4-13H,1-3H3,(H,24,26)(H,21,22,23). The van der Waals surface area contributed by atoms with Crippen LogP contribution in [0.3, 0.4) is 0 Å². The summed E-state index contributed by atoms with van der Waals surface area (Å²) < 4.78 is 0. The van der Waals surface area contributed by atoms with Crippen molar-refractivity contribution in [2.45, 2.75) is 6.92 Å². The predicted octanol–water partition coefficient (Wildman–Crippen LogP) is 3.85. The SMILES string of the molecule is Cc1ccccc1NC(=O)c1cnc(Nc2ccc(N(C)C)cc2)nc1. The van der Waals surface area contributed by atoms with Crippen LogP contribution in [0.2, 0.25) is 0 Å². The number of hydrogen-bond acceptors (Lipinski definition) is 5. The van der Waals surface area contributed by atoms with Gasteiger partial charge in [0, 0.05) is 43.6 Å². The van der Waals surface area contributed by atoms with Crippen LogP contribution in [-0.4, -0.2) is 30.0 Å². The van der Waals surface area contributed by atoms with Crippen LogP contribution < -0.4 is 15.5 Å². The number of para-hydroxylation sites is 1. The second kappa shape index (κ2) is 7.65. The molecule has 0 aliphatic heterocycles. The second-order valence-electron chi connectivity index (χ2n) is 6.13. The molecule has 0 saturated heterocycles. The second-order valence-corrected chi connectivity index (χ2v) is 6.13. The number of amides is 1. The lowest BCUT2D eigenvalue weighted by molar-refractivity contribution is 0.102. The average Bonchev–Trinajstić information content (AvgIpc) is 2.64. The molecule has 0 bridgehead atoms. The highest BCUT2D eigenvalue weighted by Gasteiger charge is 2.09. The fraction of sp³-hybridized carbons (Fsp3) is 0.150. The third kappa shape index (κ3) is 4.16. The van der Waals surface area contributed by atoms with E-state index in [9.17, 15) is 4.79 Å². The molecule has 0 fully saturated rings. The molecule has 0 aliphatic rings. The molecule has 6 nitrogen and oxygen atoms in total. The van der Waals surface area contributed by atoms with Gasteiger partial charge in [0.15, 0.2) is 0 Å². The van der Waals surface area contributed by atoms with Crippen LogP contribution in [0, 0.1) is 6.92 Å². The summed E-state index contributed by atoms with van der Waals surface area (Å²) in [5.74, 6) is 0.205. The fourth-order valence-corrected chi connectivity index (χ4v) is 2.39. The Hall–Kier alpha value is -3.41. The van der Waals surface area contributed by atoms with Gasteiger partial charge in [0.1, 0.15) is 0 Å². The highest BCUT2D eigenvalue weighted by molar-refractivity contribution is 6.04. The molecule has 0 aliphatic carbocycles. The van der Waals surface area contributed by atoms with Gasteiger partial charge < -0.3 is 15.5 Å². The minimum atomic E-state index is -0.235. The van der Waals surface area contributed by atoms with Gasteiger partial charge in [0.25, 0.3) is 5.91 Å². The van der Waals surface area contributed by atoms with E-state index in [1.807, 2.05) is 74.4 Å². The van der Waals surface area contributed by atoms with E-state index in [0.29, 0.717) is 11.5 Å². The summed E-state index contributed by atoms with van der Waals surface area (Å²) in [6, 6.07) is 15.5. The lowest BCUT2D eigenvalue weighted by Gasteiger charge is -2.13. The van der Waals surface area contributed by atoms with E-state index in [4.69, 9.17) is 0 Å². The smallest absolute Gasteiger partial charge is 0.258 e. The Morgan fingerprint density at radius 1 is 0.962 bits per heavy atom. The van der Waals surface area contributed by atoms with Crippen molar-refractivity contribution in [2.75, 3.05) is 29.6 Å². The van der Waals surface area contributed by atoms with Crippen molar-refractivity contribution < 1.29 is 4.79 Å². The Labute approximate surface area is 152 Å². The molecule has 0 saturated carbocycles. The molecule has 6 heteroatoms. The van der Waals surface area contributed by atoms with Crippen LogP contribution in [-0.2, 0) is 0 Å². The molecule has 0 radical (unpaired) electrons. The van der Waals surface area contributed by atoms with Crippen LogP contribution in [0.15, 0.2) is 60.9 Å².